The lowest BCUT2D eigenvalue weighted by molar-refractivity contribution is 0.237. The van der Waals surface area contributed by atoms with Crippen LogP contribution in [0.1, 0.15) is 12.8 Å². The van der Waals surface area contributed by atoms with Gasteiger partial charge in [-0.3, -0.25) is 0 Å². The summed E-state index contributed by atoms with van der Waals surface area (Å²) in [7, 11) is 0. The summed E-state index contributed by atoms with van der Waals surface area (Å²) in [4.78, 5) is 10.9. The number of amides is 2. The molecular weight excluding hydrogens is 159 g/mol. The molecule has 1 aliphatic carbocycles. The molecule has 1 atom stereocenters. The molecule has 0 spiro atoms. The smallest absolute Gasteiger partial charge is 0.315 e. The van der Waals surface area contributed by atoms with Gasteiger partial charge in [0.05, 0.1) is 0 Å². The highest BCUT2D eigenvalue weighted by molar-refractivity contribution is 5.74. The molecule has 3 nitrogen and oxygen atoms in total. The molecule has 0 radical (unpaired) electrons. The van der Waals surface area contributed by atoms with E-state index in [1.165, 1.54) is 0 Å². The highest BCUT2D eigenvalue weighted by atomic mass is 19.1. The lowest BCUT2D eigenvalue weighted by Crippen LogP contribution is -2.41. The third kappa shape index (κ3) is 2.90. The van der Waals surface area contributed by atoms with Gasteiger partial charge >= 0.3 is 6.03 Å². The molecule has 0 saturated heterocycles. The van der Waals surface area contributed by atoms with Crippen molar-refractivity contribution in [2.75, 3.05) is 13.2 Å². The predicted octanol–water partition coefficient (Wildman–Crippen LogP) is 0.974. The Morgan fingerprint density at radius 1 is 1.67 bits per heavy atom. The average molecular weight is 172 g/mol. The number of hydrogen-bond acceptors (Lipinski definition) is 1. The van der Waals surface area contributed by atoms with E-state index in [0.717, 1.165) is 12.8 Å². The molecule has 0 saturated carbocycles. The minimum Gasteiger partial charge on any atom is -0.336 e. The van der Waals surface area contributed by atoms with E-state index in [9.17, 15) is 9.18 Å². The van der Waals surface area contributed by atoms with Crippen LogP contribution in [0.25, 0.3) is 0 Å². The molecule has 12 heavy (non-hydrogen) atoms. The van der Waals surface area contributed by atoms with Crippen molar-refractivity contribution in [3.05, 3.63) is 12.2 Å². The standard InChI is InChI=1S/C8H13FN2O/c9-5-6-10-8(12)11-7-3-1-2-4-7/h1,3,7H,2,4-6H2,(H2,10,11,12). The van der Waals surface area contributed by atoms with E-state index in [1.807, 2.05) is 12.2 Å². The minimum absolute atomic E-state index is 0.0856. The molecule has 0 aromatic rings. The van der Waals surface area contributed by atoms with Crippen LogP contribution in [0, 0.1) is 0 Å². The largest absolute Gasteiger partial charge is 0.336 e. The van der Waals surface area contributed by atoms with E-state index in [4.69, 9.17) is 0 Å². The number of carbonyl (C=O) groups is 1. The van der Waals surface area contributed by atoms with E-state index in [1.54, 1.807) is 0 Å². The number of rotatable bonds is 3. The van der Waals surface area contributed by atoms with Crippen LogP contribution in [0.2, 0.25) is 0 Å². The molecule has 68 valence electrons. The van der Waals surface area contributed by atoms with Crippen molar-refractivity contribution in [2.45, 2.75) is 18.9 Å². The Labute approximate surface area is 71.0 Å². The number of carbonyl (C=O) groups excluding carboxylic acids is 1. The number of hydrogen-bond donors (Lipinski definition) is 2. The summed E-state index contributed by atoms with van der Waals surface area (Å²) in [6.45, 7) is -0.434. The summed E-state index contributed by atoms with van der Waals surface area (Å²) in [5.41, 5.74) is 0. The predicted molar refractivity (Wildman–Crippen MR) is 44.7 cm³/mol. The van der Waals surface area contributed by atoms with Crippen LogP contribution >= 0.6 is 0 Å². The Bertz CT molecular complexity index is 182. The van der Waals surface area contributed by atoms with Crippen molar-refractivity contribution in [3.8, 4) is 0 Å². The lowest BCUT2D eigenvalue weighted by atomic mass is 10.3. The average Bonchev–Trinajstić information content (AvgIpc) is 2.53. The molecule has 0 aromatic heterocycles. The highest BCUT2D eigenvalue weighted by Gasteiger charge is 2.10. The molecule has 0 aromatic carbocycles. The Morgan fingerprint density at radius 3 is 3.08 bits per heavy atom. The summed E-state index contributed by atoms with van der Waals surface area (Å²) >= 11 is 0. The van der Waals surface area contributed by atoms with Gasteiger partial charge in [0.15, 0.2) is 0 Å². The van der Waals surface area contributed by atoms with Crippen LogP contribution in [0.3, 0.4) is 0 Å². The van der Waals surface area contributed by atoms with Crippen LogP contribution in [0.5, 0.6) is 0 Å². The van der Waals surface area contributed by atoms with Crippen LogP contribution in [-0.2, 0) is 0 Å². The van der Waals surface area contributed by atoms with Gasteiger partial charge in [-0.1, -0.05) is 12.2 Å². The topological polar surface area (TPSA) is 41.1 Å². The molecule has 2 N–H and O–H groups in total. The molecule has 0 bridgehead atoms. The van der Waals surface area contributed by atoms with Gasteiger partial charge in [0.2, 0.25) is 0 Å². The summed E-state index contributed by atoms with van der Waals surface area (Å²) in [5, 5.41) is 5.11. The molecule has 1 aliphatic rings. The second-order valence-electron chi connectivity index (χ2n) is 2.70. The monoisotopic (exact) mass is 172 g/mol. The van der Waals surface area contributed by atoms with Gasteiger partial charge in [-0.05, 0) is 12.8 Å². The summed E-state index contributed by atoms with van der Waals surface area (Å²) in [6, 6.07) is -0.159. The zero-order chi connectivity index (χ0) is 8.81. The van der Waals surface area contributed by atoms with Crippen molar-refractivity contribution in [3.63, 3.8) is 0 Å². The van der Waals surface area contributed by atoms with Crippen LogP contribution < -0.4 is 10.6 Å². The van der Waals surface area contributed by atoms with Crippen molar-refractivity contribution in [1.82, 2.24) is 10.6 Å². The van der Waals surface area contributed by atoms with Gasteiger partial charge in [0, 0.05) is 12.6 Å². The maximum Gasteiger partial charge on any atom is 0.315 e. The first-order valence-corrected chi connectivity index (χ1v) is 4.10. The van der Waals surface area contributed by atoms with Gasteiger partial charge < -0.3 is 10.6 Å². The first-order chi connectivity index (χ1) is 5.83. The quantitative estimate of drug-likeness (QED) is 0.612. The fraction of sp³-hybridized carbons (Fsp3) is 0.625. The number of halogens is 1. The SMILES string of the molecule is O=C(NCCF)NC1C=CCC1. The van der Waals surface area contributed by atoms with E-state index >= 15 is 0 Å². The molecular formula is C8H13FN2O. The Hall–Kier alpha value is -1.06. The normalized spacial score (nSPS) is 20.9. The van der Waals surface area contributed by atoms with Gasteiger partial charge in [-0.2, -0.15) is 0 Å². The Balaban J connectivity index is 2.12. The van der Waals surface area contributed by atoms with E-state index < -0.39 is 6.67 Å². The molecule has 4 heteroatoms. The van der Waals surface area contributed by atoms with Crippen LogP contribution in [0.4, 0.5) is 9.18 Å². The molecule has 1 unspecified atom stereocenters. The molecule has 2 amide bonds. The summed E-state index contributed by atoms with van der Waals surface area (Å²) in [5.74, 6) is 0. The fourth-order valence-electron chi connectivity index (χ4n) is 1.13. The number of nitrogens with one attached hydrogen (secondary N) is 2. The second kappa shape index (κ2) is 4.74. The van der Waals surface area contributed by atoms with E-state index in [2.05, 4.69) is 10.6 Å². The molecule has 1 rings (SSSR count). The van der Waals surface area contributed by atoms with Gasteiger partial charge in [0.25, 0.3) is 0 Å². The number of alkyl halides is 1. The van der Waals surface area contributed by atoms with Crippen molar-refractivity contribution < 1.29 is 9.18 Å². The van der Waals surface area contributed by atoms with Crippen molar-refractivity contribution >= 4 is 6.03 Å². The third-order valence-corrected chi connectivity index (χ3v) is 1.71. The van der Waals surface area contributed by atoms with Crippen LogP contribution in [-0.4, -0.2) is 25.3 Å². The maximum atomic E-state index is 11.6. The van der Waals surface area contributed by atoms with Gasteiger partial charge in [-0.15, -0.1) is 0 Å². The van der Waals surface area contributed by atoms with Crippen LogP contribution in [0.15, 0.2) is 12.2 Å². The Kier molecular flexibility index (Phi) is 3.57. The molecule has 0 aliphatic heterocycles. The van der Waals surface area contributed by atoms with Gasteiger partial charge in [-0.25, -0.2) is 9.18 Å². The van der Waals surface area contributed by atoms with E-state index in [0.29, 0.717) is 0 Å². The maximum absolute atomic E-state index is 11.6. The third-order valence-electron chi connectivity index (χ3n) is 1.71. The molecule has 0 heterocycles. The van der Waals surface area contributed by atoms with E-state index in [-0.39, 0.29) is 18.6 Å². The number of urea groups is 1. The molecule has 0 fully saturated rings. The van der Waals surface area contributed by atoms with Gasteiger partial charge in [0.1, 0.15) is 6.67 Å². The fourth-order valence-corrected chi connectivity index (χ4v) is 1.13. The summed E-state index contributed by atoms with van der Waals surface area (Å²) < 4.78 is 11.6. The minimum atomic E-state index is -0.520. The second-order valence-corrected chi connectivity index (χ2v) is 2.70. The zero-order valence-electron chi connectivity index (χ0n) is 6.85. The zero-order valence-corrected chi connectivity index (χ0v) is 6.85. The van der Waals surface area contributed by atoms with Crippen molar-refractivity contribution in [2.24, 2.45) is 0 Å². The first kappa shape index (κ1) is 9.03. The number of allylic oxidation sites excluding steroid dienone is 1. The first-order valence-electron chi connectivity index (χ1n) is 4.10. The highest BCUT2D eigenvalue weighted by Crippen LogP contribution is 2.07. The summed E-state index contributed by atoms with van der Waals surface area (Å²) in [6.07, 6.45) is 5.94. The van der Waals surface area contributed by atoms with Crippen molar-refractivity contribution in [1.29, 1.82) is 0 Å². The Morgan fingerprint density at radius 2 is 2.50 bits per heavy atom. The lowest BCUT2D eigenvalue weighted by Gasteiger charge is -2.10.